The standard InChI is InChI=1S/C39H38N2O8S/c1-39(2,3)24-17-18-26-29(21-24)50-36(30(26)38(45)47-5)40-34(42)31-32(41(49-33(31)35(40)43)25-14-10-7-11-15-25)23-16-19-27(28(20-23)46-4)48-37(44)22-12-8-6-9-13-22/h6-16,19-20,24,31-33H,17-18,21H2,1-5H3. The van der Waals surface area contributed by atoms with Crippen LogP contribution in [0.3, 0.4) is 0 Å². The summed E-state index contributed by atoms with van der Waals surface area (Å²) in [6, 6.07) is 22.1. The van der Waals surface area contributed by atoms with E-state index in [0.29, 0.717) is 29.2 Å². The number of esters is 2. The zero-order valence-corrected chi connectivity index (χ0v) is 29.3. The molecular weight excluding hydrogens is 657 g/mol. The number of carbonyl (C=O) groups excluding carboxylic acids is 4. The highest BCUT2D eigenvalue weighted by Gasteiger charge is 2.61. The lowest BCUT2D eigenvalue weighted by atomic mass is 9.72. The van der Waals surface area contributed by atoms with Crippen molar-refractivity contribution in [3.63, 3.8) is 0 Å². The van der Waals surface area contributed by atoms with E-state index in [1.54, 1.807) is 47.5 Å². The van der Waals surface area contributed by atoms with E-state index in [-0.39, 0.29) is 27.5 Å². The summed E-state index contributed by atoms with van der Waals surface area (Å²) in [4.78, 5) is 63.6. The van der Waals surface area contributed by atoms with Gasteiger partial charge in [0.1, 0.15) is 10.9 Å². The van der Waals surface area contributed by atoms with Crippen LogP contribution in [0.1, 0.15) is 70.0 Å². The first-order chi connectivity index (χ1) is 24.0. The number of amides is 2. The summed E-state index contributed by atoms with van der Waals surface area (Å²) in [6.07, 6.45) is 1.14. The number of para-hydroxylation sites is 1. The van der Waals surface area contributed by atoms with Gasteiger partial charge in [-0.15, -0.1) is 11.3 Å². The van der Waals surface area contributed by atoms with Crippen LogP contribution in [-0.2, 0) is 32.0 Å². The second-order valence-corrected chi connectivity index (χ2v) is 14.9. The highest BCUT2D eigenvalue weighted by Crippen LogP contribution is 2.52. The van der Waals surface area contributed by atoms with Crippen molar-refractivity contribution in [3.8, 4) is 11.5 Å². The van der Waals surface area contributed by atoms with Crippen LogP contribution in [-0.4, -0.2) is 44.1 Å². The van der Waals surface area contributed by atoms with E-state index in [9.17, 15) is 19.2 Å². The topological polar surface area (TPSA) is 112 Å². The zero-order chi connectivity index (χ0) is 35.3. The number of carbonyl (C=O) groups is 4. The number of nitrogens with zero attached hydrogens (tertiary/aromatic N) is 2. The molecule has 4 atom stereocenters. The number of anilines is 2. The van der Waals surface area contributed by atoms with E-state index < -0.39 is 41.8 Å². The lowest BCUT2D eigenvalue weighted by molar-refractivity contribution is -0.126. The number of thiophene rings is 1. The molecule has 4 unspecified atom stereocenters. The summed E-state index contributed by atoms with van der Waals surface area (Å²) >= 11 is 1.32. The molecule has 3 heterocycles. The number of ether oxygens (including phenoxy) is 3. The van der Waals surface area contributed by atoms with E-state index in [1.807, 2.05) is 36.4 Å². The first-order valence-corrected chi connectivity index (χ1v) is 17.4. The summed E-state index contributed by atoms with van der Waals surface area (Å²) in [5.41, 5.74) is 2.82. The lowest BCUT2D eigenvalue weighted by Crippen LogP contribution is -2.37. The molecule has 0 N–H and O–H groups in total. The van der Waals surface area contributed by atoms with Crippen molar-refractivity contribution >= 4 is 45.8 Å². The molecule has 7 rings (SSSR count). The Morgan fingerprint density at radius 2 is 1.58 bits per heavy atom. The maximum Gasteiger partial charge on any atom is 0.343 e. The monoisotopic (exact) mass is 694 g/mol. The number of hydroxylamine groups is 1. The summed E-state index contributed by atoms with van der Waals surface area (Å²) in [7, 11) is 2.77. The molecule has 258 valence electrons. The van der Waals surface area contributed by atoms with Crippen LogP contribution in [0.25, 0.3) is 0 Å². The molecule has 2 amide bonds. The molecule has 2 fully saturated rings. The summed E-state index contributed by atoms with van der Waals surface area (Å²) < 4.78 is 16.5. The molecule has 50 heavy (non-hydrogen) atoms. The molecule has 4 aromatic rings. The van der Waals surface area contributed by atoms with Crippen molar-refractivity contribution in [1.29, 1.82) is 0 Å². The molecule has 0 saturated carbocycles. The van der Waals surface area contributed by atoms with Crippen LogP contribution in [0.15, 0.2) is 78.9 Å². The van der Waals surface area contributed by atoms with Gasteiger partial charge >= 0.3 is 11.9 Å². The summed E-state index contributed by atoms with van der Waals surface area (Å²) in [6.45, 7) is 6.62. The number of rotatable bonds is 7. The van der Waals surface area contributed by atoms with E-state index in [2.05, 4.69) is 20.8 Å². The minimum Gasteiger partial charge on any atom is -0.493 e. The Morgan fingerprint density at radius 3 is 2.24 bits per heavy atom. The van der Waals surface area contributed by atoms with Crippen LogP contribution in [0.2, 0.25) is 0 Å². The molecule has 0 bridgehead atoms. The quantitative estimate of drug-likeness (QED) is 0.115. The molecular formula is C39H38N2O8S. The molecule has 0 radical (unpaired) electrons. The van der Waals surface area contributed by atoms with Gasteiger partial charge in [0.15, 0.2) is 17.6 Å². The Hall–Kier alpha value is -5.00. The Labute approximate surface area is 294 Å². The van der Waals surface area contributed by atoms with Gasteiger partial charge in [-0.3, -0.25) is 14.4 Å². The molecule has 3 aliphatic rings. The Kier molecular flexibility index (Phi) is 8.73. The predicted molar refractivity (Wildman–Crippen MR) is 188 cm³/mol. The molecule has 0 spiro atoms. The fourth-order valence-electron chi connectivity index (χ4n) is 7.22. The van der Waals surface area contributed by atoms with Crippen molar-refractivity contribution < 1.29 is 38.2 Å². The highest BCUT2D eigenvalue weighted by atomic mass is 32.1. The third-order valence-electron chi connectivity index (χ3n) is 9.93. The number of imide groups is 1. The van der Waals surface area contributed by atoms with Gasteiger partial charge in [-0.05, 0) is 78.1 Å². The molecule has 3 aromatic carbocycles. The third kappa shape index (κ3) is 5.74. The number of methoxy groups -OCH3 is 2. The van der Waals surface area contributed by atoms with Crippen molar-refractivity contribution in [3.05, 3.63) is 106 Å². The van der Waals surface area contributed by atoms with Crippen LogP contribution < -0.4 is 19.4 Å². The molecule has 2 aliphatic heterocycles. The van der Waals surface area contributed by atoms with Crippen LogP contribution >= 0.6 is 11.3 Å². The largest absolute Gasteiger partial charge is 0.493 e. The first-order valence-electron chi connectivity index (χ1n) is 16.6. The van der Waals surface area contributed by atoms with Gasteiger partial charge in [0.05, 0.1) is 37.1 Å². The average Bonchev–Trinajstić information content (AvgIpc) is 3.77. The second-order valence-electron chi connectivity index (χ2n) is 13.8. The normalized spacial score (nSPS) is 21.5. The van der Waals surface area contributed by atoms with Gasteiger partial charge in [0.25, 0.3) is 5.91 Å². The number of fused-ring (bicyclic) bond motifs is 2. The van der Waals surface area contributed by atoms with Gasteiger partial charge in [-0.25, -0.2) is 19.6 Å². The predicted octanol–water partition coefficient (Wildman–Crippen LogP) is 6.96. The average molecular weight is 695 g/mol. The van der Waals surface area contributed by atoms with Crippen LogP contribution in [0.4, 0.5) is 10.7 Å². The van der Waals surface area contributed by atoms with Crippen molar-refractivity contribution in [2.45, 2.75) is 52.2 Å². The second kappa shape index (κ2) is 13.0. The SMILES string of the molecule is COC(=O)c1c(N2C(=O)C3ON(c4ccccc4)C(c4ccc(OC(=O)c5ccccc5)c(OC)c4)C3C2=O)sc2c1CCC(C(C)(C)C)C2. The maximum atomic E-state index is 14.6. The number of hydrogen-bond donors (Lipinski definition) is 0. The van der Waals surface area contributed by atoms with Gasteiger partial charge in [0, 0.05) is 4.88 Å². The number of benzene rings is 3. The Balaban J connectivity index is 1.27. The van der Waals surface area contributed by atoms with Gasteiger partial charge < -0.3 is 14.2 Å². The fraction of sp³-hybridized carbons (Fsp3) is 0.333. The van der Waals surface area contributed by atoms with E-state index in [4.69, 9.17) is 19.0 Å². The van der Waals surface area contributed by atoms with Crippen molar-refractivity contribution in [2.24, 2.45) is 17.3 Å². The number of hydrogen-bond acceptors (Lipinski definition) is 10. The molecule has 2 saturated heterocycles. The Bertz CT molecular complexity index is 1970. The molecule has 11 heteroatoms. The molecule has 10 nitrogen and oxygen atoms in total. The van der Waals surface area contributed by atoms with Crippen molar-refractivity contribution in [2.75, 3.05) is 24.2 Å². The van der Waals surface area contributed by atoms with E-state index in [1.165, 1.54) is 25.6 Å². The molecule has 1 aliphatic carbocycles. The van der Waals surface area contributed by atoms with Crippen LogP contribution in [0, 0.1) is 17.3 Å². The first kappa shape index (κ1) is 33.5. The van der Waals surface area contributed by atoms with Gasteiger partial charge in [-0.2, -0.15) is 0 Å². The third-order valence-corrected chi connectivity index (χ3v) is 11.2. The highest BCUT2D eigenvalue weighted by molar-refractivity contribution is 7.17. The maximum absolute atomic E-state index is 14.6. The molecule has 1 aromatic heterocycles. The fourth-order valence-corrected chi connectivity index (χ4v) is 8.64. The zero-order valence-electron chi connectivity index (χ0n) is 28.5. The lowest BCUT2D eigenvalue weighted by Gasteiger charge is -2.33. The van der Waals surface area contributed by atoms with E-state index in [0.717, 1.165) is 28.2 Å². The smallest absolute Gasteiger partial charge is 0.343 e. The summed E-state index contributed by atoms with van der Waals surface area (Å²) in [5, 5.41) is 1.87. The van der Waals surface area contributed by atoms with Gasteiger partial charge in [-0.1, -0.05) is 63.2 Å². The van der Waals surface area contributed by atoms with Crippen molar-refractivity contribution in [1.82, 2.24) is 0 Å². The minimum absolute atomic E-state index is 0.0576. The minimum atomic E-state index is -1.15. The summed E-state index contributed by atoms with van der Waals surface area (Å²) in [5.74, 6) is -2.25. The van der Waals surface area contributed by atoms with E-state index >= 15 is 0 Å². The van der Waals surface area contributed by atoms with Gasteiger partial charge in [0.2, 0.25) is 5.91 Å². The van der Waals surface area contributed by atoms with Crippen LogP contribution in [0.5, 0.6) is 11.5 Å². The Morgan fingerprint density at radius 1 is 0.880 bits per heavy atom.